The molecule has 2 heterocycles. The molecule has 2 aromatic carbocycles. The number of amides is 1. The highest BCUT2D eigenvalue weighted by molar-refractivity contribution is 5.81. The van der Waals surface area contributed by atoms with Crippen molar-refractivity contribution in [1.82, 2.24) is 19.7 Å². The van der Waals surface area contributed by atoms with Crippen LogP contribution in [-0.2, 0) is 10.3 Å². The fraction of sp³-hybridized carbons (Fsp3) is 0.345. The number of nitrogens with one attached hydrogen (secondary N) is 1. The van der Waals surface area contributed by atoms with Crippen molar-refractivity contribution in [2.45, 2.75) is 58.1 Å². The summed E-state index contributed by atoms with van der Waals surface area (Å²) in [6.07, 6.45) is 4.41. The Morgan fingerprint density at radius 2 is 1.72 bits per heavy atom. The Kier molecular flexibility index (Phi) is 6.16. The van der Waals surface area contributed by atoms with Crippen LogP contribution in [0.5, 0.6) is 5.88 Å². The van der Waals surface area contributed by atoms with Crippen LogP contribution < -0.4 is 10.1 Å². The van der Waals surface area contributed by atoms with E-state index in [9.17, 15) is 4.79 Å². The molecule has 0 radical (unpaired) electrons. The molecule has 0 spiro atoms. The molecule has 1 aliphatic carbocycles. The highest BCUT2D eigenvalue weighted by Crippen LogP contribution is 2.42. The molecule has 1 saturated carbocycles. The summed E-state index contributed by atoms with van der Waals surface area (Å²) in [6.45, 7) is 8.11. The number of imidazole rings is 1. The number of rotatable bonds is 6. The van der Waals surface area contributed by atoms with Crippen molar-refractivity contribution in [1.29, 1.82) is 0 Å². The molecule has 1 aliphatic rings. The van der Waals surface area contributed by atoms with E-state index in [0.717, 1.165) is 47.3 Å². The molecule has 2 aromatic heterocycles. The van der Waals surface area contributed by atoms with Gasteiger partial charge in [0.05, 0.1) is 23.5 Å². The smallest absolute Gasteiger partial charge is 0.408 e. The van der Waals surface area contributed by atoms with Crippen molar-refractivity contribution in [3.05, 3.63) is 72.4 Å². The zero-order valence-electron chi connectivity index (χ0n) is 21.2. The predicted molar refractivity (Wildman–Crippen MR) is 140 cm³/mol. The molecule has 0 aliphatic heterocycles. The molecular formula is C29H32N4O3. The Hall–Kier alpha value is -3.87. The van der Waals surface area contributed by atoms with Crippen molar-refractivity contribution in [3.63, 3.8) is 0 Å². The molecule has 1 fully saturated rings. The second-order valence-electron chi connectivity index (χ2n) is 10.2. The zero-order valence-corrected chi connectivity index (χ0v) is 21.2. The van der Waals surface area contributed by atoms with E-state index in [0.29, 0.717) is 18.3 Å². The first-order chi connectivity index (χ1) is 17.3. The van der Waals surface area contributed by atoms with Crippen LogP contribution in [0, 0.1) is 0 Å². The van der Waals surface area contributed by atoms with E-state index in [2.05, 4.69) is 46.7 Å². The van der Waals surface area contributed by atoms with Gasteiger partial charge in [-0.3, -0.25) is 4.40 Å². The molecule has 4 aromatic rings. The maximum Gasteiger partial charge on any atom is 0.408 e. The molecule has 36 heavy (non-hydrogen) atoms. The largest absolute Gasteiger partial charge is 0.478 e. The molecule has 7 nitrogen and oxygen atoms in total. The van der Waals surface area contributed by atoms with Crippen molar-refractivity contribution in [2.24, 2.45) is 0 Å². The van der Waals surface area contributed by atoms with Gasteiger partial charge in [-0.05, 0) is 52.5 Å². The average Bonchev–Trinajstić information content (AvgIpc) is 3.20. The van der Waals surface area contributed by atoms with E-state index in [-0.39, 0.29) is 6.09 Å². The summed E-state index contributed by atoms with van der Waals surface area (Å²) in [4.78, 5) is 22.0. The number of hydrogen-bond donors (Lipinski definition) is 1. The van der Waals surface area contributed by atoms with Gasteiger partial charge in [-0.15, -0.1) is 0 Å². The van der Waals surface area contributed by atoms with Gasteiger partial charge in [0, 0.05) is 23.4 Å². The van der Waals surface area contributed by atoms with Crippen LogP contribution >= 0.6 is 0 Å². The van der Waals surface area contributed by atoms with Crippen molar-refractivity contribution >= 4 is 11.9 Å². The molecule has 1 N–H and O–H groups in total. The van der Waals surface area contributed by atoms with Gasteiger partial charge in [0.1, 0.15) is 5.60 Å². The van der Waals surface area contributed by atoms with Gasteiger partial charge in [-0.1, -0.05) is 54.6 Å². The molecule has 0 atom stereocenters. The second kappa shape index (κ2) is 9.30. The van der Waals surface area contributed by atoms with Crippen LogP contribution in [0.2, 0.25) is 0 Å². The quantitative estimate of drug-likeness (QED) is 0.344. The van der Waals surface area contributed by atoms with Gasteiger partial charge in [-0.2, -0.15) is 4.98 Å². The van der Waals surface area contributed by atoms with Gasteiger partial charge < -0.3 is 14.8 Å². The third-order valence-electron chi connectivity index (χ3n) is 6.47. The first-order valence-corrected chi connectivity index (χ1v) is 12.5. The van der Waals surface area contributed by atoms with Crippen LogP contribution in [0.1, 0.15) is 52.5 Å². The maximum absolute atomic E-state index is 12.5. The van der Waals surface area contributed by atoms with E-state index in [4.69, 9.17) is 14.5 Å². The zero-order chi connectivity index (χ0) is 25.3. The lowest BCUT2D eigenvalue weighted by Crippen LogP contribution is -2.52. The first kappa shape index (κ1) is 23.9. The van der Waals surface area contributed by atoms with Crippen LogP contribution in [0.3, 0.4) is 0 Å². The fourth-order valence-corrected chi connectivity index (χ4v) is 4.68. The van der Waals surface area contributed by atoms with Gasteiger partial charge in [0.15, 0.2) is 0 Å². The molecule has 7 heteroatoms. The molecule has 5 rings (SSSR count). The van der Waals surface area contributed by atoms with Gasteiger partial charge in [-0.25, -0.2) is 9.78 Å². The Bertz CT molecular complexity index is 1370. The Labute approximate surface area is 211 Å². The van der Waals surface area contributed by atoms with E-state index in [1.165, 1.54) is 0 Å². The predicted octanol–water partition coefficient (Wildman–Crippen LogP) is 6.37. The highest BCUT2D eigenvalue weighted by Gasteiger charge is 2.41. The van der Waals surface area contributed by atoms with Crippen molar-refractivity contribution < 1.29 is 14.3 Å². The number of hydrogen-bond acceptors (Lipinski definition) is 5. The normalized spacial score (nSPS) is 14.8. The summed E-state index contributed by atoms with van der Waals surface area (Å²) in [5.74, 6) is 1.14. The molecule has 186 valence electrons. The van der Waals surface area contributed by atoms with Gasteiger partial charge >= 0.3 is 6.09 Å². The monoisotopic (exact) mass is 484 g/mol. The Balaban J connectivity index is 1.52. The minimum atomic E-state index is -0.536. The number of carbonyl (C=O) groups is 1. The SMILES string of the molecule is CCOc1ccn2c(-c3ccccc3)c(-c3ccc(C4(NC(=O)OC(C)(C)C)CCC4)cc3)nc2n1. The number of carbonyl (C=O) groups excluding carboxylic acids is 1. The molecule has 0 saturated heterocycles. The van der Waals surface area contributed by atoms with Crippen LogP contribution in [0.4, 0.5) is 4.79 Å². The number of fused-ring (bicyclic) bond motifs is 1. The summed E-state index contributed by atoms with van der Waals surface area (Å²) in [5, 5.41) is 3.13. The van der Waals surface area contributed by atoms with Gasteiger partial charge in [0.2, 0.25) is 11.7 Å². The number of alkyl carbamates (subject to hydrolysis) is 1. The lowest BCUT2D eigenvalue weighted by molar-refractivity contribution is 0.0377. The first-order valence-electron chi connectivity index (χ1n) is 12.5. The van der Waals surface area contributed by atoms with Crippen molar-refractivity contribution in [3.8, 4) is 28.4 Å². The second-order valence-corrected chi connectivity index (χ2v) is 10.2. The van der Waals surface area contributed by atoms with Gasteiger partial charge in [0.25, 0.3) is 0 Å². The van der Waals surface area contributed by atoms with Crippen LogP contribution in [0.15, 0.2) is 66.9 Å². The number of benzene rings is 2. The standard InChI is InChI=1S/C29H32N4O3/c1-5-35-23-16-19-33-25(21-10-7-6-8-11-21)24(31-26(33)30-23)20-12-14-22(15-13-20)29(17-9-18-29)32-27(34)36-28(2,3)4/h6-8,10-16,19H,5,9,17-18H2,1-4H3,(H,32,34). The topological polar surface area (TPSA) is 77.8 Å². The summed E-state index contributed by atoms with van der Waals surface area (Å²) < 4.78 is 13.1. The third kappa shape index (κ3) is 4.65. The summed E-state index contributed by atoms with van der Waals surface area (Å²) in [5.41, 5.74) is 3.99. The fourth-order valence-electron chi connectivity index (χ4n) is 4.68. The summed E-state index contributed by atoms with van der Waals surface area (Å²) in [7, 11) is 0. The number of ether oxygens (including phenoxy) is 2. The molecule has 0 bridgehead atoms. The van der Waals surface area contributed by atoms with E-state index in [1.807, 2.05) is 62.6 Å². The summed E-state index contributed by atoms with van der Waals surface area (Å²) >= 11 is 0. The third-order valence-corrected chi connectivity index (χ3v) is 6.47. The lowest BCUT2D eigenvalue weighted by atomic mass is 9.71. The molecule has 1 amide bonds. The molecule has 0 unspecified atom stereocenters. The summed E-state index contributed by atoms with van der Waals surface area (Å²) in [6, 6.07) is 20.4. The van der Waals surface area contributed by atoms with Crippen molar-refractivity contribution in [2.75, 3.05) is 6.61 Å². The van der Waals surface area contributed by atoms with E-state index in [1.54, 1.807) is 0 Å². The minimum absolute atomic E-state index is 0.380. The Morgan fingerprint density at radius 1 is 1.00 bits per heavy atom. The lowest BCUT2D eigenvalue weighted by Gasteiger charge is -2.43. The van der Waals surface area contributed by atoms with E-state index < -0.39 is 11.1 Å². The molecular weight excluding hydrogens is 452 g/mol. The Morgan fingerprint density at radius 3 is 2.33 bits per heavy atom. The van der Waals surface area contributed by atoms with E-state index >= 15 is 0 Å². The number of nitrogens with zero attached hydrogens (tertiary/aromatic N) is 3. The van der Waals surface area contributed by atoms with Crippen LogP contribution in [0.25, 0.3) is 28.3 Å². The maximum atomic E-state index is 12.5. The number of aromatic nitrogens is 3. The minimum Gasteiger partial charge on any atom is -0.478 e. The average molecular weight is 485 g/mol. The highest BCUT2D eigenvalue weighted by atomic mass is 16.6. The van der Waals surface area contributed by atoms with Crippen LogP contribution in [-0.4, -0.2) is 32.7 Å².